The first-order valence-electron chi connectivity index (χ1n) is 3.81. The summed E-state index contributed by atoms with van der Waals surface area (Å²) in [5.74, 6) is 0. The summed E-state index contributed by atoms with van der Waals surface area (Å²) in [6.07, 6.45) is 0. The average molecular weight is 211 g/mol. The highest BCUT2D eigenvalue weighted by molar-refractivity contribution is 6.38. The minimum atomic E-state index is 0.496. The molecular weight excluding hydrogens is 205 g/mol. The molecule has 13 heavy (non-hydrogen) atoms. The van der Waals surface area contributed by atoms with E-state index in [9.17, 15) is 0 Å². The van der Waals surface area contributed by atoms with E-state index in [1.54, 1.807) is 6.07 Å². The highest BCUT2D eigenvalue weighted by Gasteiger charge is 2.02. The van der Waals surface area contributed by atoms with E-state index in [0.717, 1.165) is 16.6 Å². The molecule has 2 aromatic rings. The summed E-state index contributed by atoms with van der Waals surface area (Å²) in [5.41, 5.74) is 1.65. The van der Waals surface area contributed by atoms with Crippen LogP contribution in [0.3, 0.4) is 0 Å². The Morgan fingerprint density at radius 3 is 2.85 bits per heavy atom. The van der Waals surface area contributed by atoms with Crippen molar-refractivity contribution in [1.29, 1.82) is 0 Å². The molecule has 2 rings (SSSR count). The second-order valence-electron chi connectivity index (χ2n) is 2.81. The molecule has 0 atom stereocenters. The second kappa shape index (κ2) is 3.17. The molecular formula is C10H6Cl2N. The molecule has 0 unspecified atom stereocenters. The molecule has 0 aliphatic rings. The summed E-state index contributed by atoms with van der Waals surface area (Å²) in [5, 5.41) is 2.00. The third-order valence-electron chi connectivity index (χ3n) is 1.78. The van der Waals surface area contributed by atoms with E-state index in [1.165, 1.54) is 0 Å². The molecule has 0 amide bonds. The van der Waals surface area contributed by atoms with Gasteiger partial charge in [-0.05, 0) is 25.1 Å². The van der Waals surface area contributed by atoms with Crippen LogP contribution in [-0.4, -0.2) is 4.98 Å². The first kappa shape index (κ1) is 8.79. The second-order valence-corrected chi connectivity index (χ2v) is 3.63. The Balaban J connectivity index is 2.86. The van der Waals surface area contributed by atoms with Crippen molar-refractivity contribution in [3.05, 3.63) is 40.0 Å². The van der Waals surface area contributed by atoms with Crippen LogP contribution in [0.2, 0.25) is 10.0 Å². The van der Waals surface area contributed by atoms with Gasteiger partial charge in [0.05, 0.1) is 15.6 Å². The predicted molar refractivity (Wildman–Crippen MR) is 55.3 cm³/mol. The van der Waals surface area contributed by atoms with Crippen LogP contribution in [0.15, 0.2) is 18.2 Å². The Morgan fingerprint density at radius 2 is 2.08 bits per heavy atom. The summed E-state index contributed by atoms with van der Waals surface area (Å²) in [6, 6.07) is 8.45. The summed E-state index contributed by atoms with van der Waals surface area (Å²) in [6.45, 7) is 1.92. The smallest absolute Gasteiger partial charge is 0.0814 e. The number of benzene rings is 1. The van der Waals surface area contributed by atoms with Crippen LogP contribution in [-0.2, 0) is 0 Å². The molecule has 1 radical (unpaired) electrons. The van der Waals surface area contributed by atoms with Crippen LogP contribution < -0.4 is 0 Å². The molecule has 65 valence electrons. The van der Waals surface area contributed by atoms with Crippen molar-refractivity contribution in [2.45, 2.75) is 6.92 Å². The molecule has 0 bridgehead atoms. The highest BCUT2D eigenvalue weighted by atomic mass is 35.5. The lowest BCUT2D eigenvalue weighted by Gasteiger charge is -2.00. The number of fused-ring (bicyclic) bond motifs is 1. The van der Waals surface area contributed by atoms with Gasteiger partial charge in [-0.1, -0.05) is 23.2 Å². The van der Waals surface area contributed by atoms with E-state index in [2.05, 4.69) is 11.1 Å². The van der Waals surface area contributed by atoms with Gasteiger partial charge >= 0.3 is 0 Å². The van der Waals surface area contributed by atoms with Gasteiger partial charge in [-0.25, -0.2) is 0 Å². The molecule has 0 saturated carbocycles. The fourth-order valence-electron chi connectivity index (χ4n) is 1.18. The standard InChI is InChI=1S/C10H6Cl2N/c1-6-2-3-8-9(12)4-7(11)5-10(8)13-6/h2-4H,1H3. The summed E-state index contributed by atoms with van der Waals surface area (Å²) in [7, 11) is 0. The number of hydrogen-bond acceptors (Lipinski definition) is 1. The zero-order valence-corrected chi connectivity index (χ0v) is 8.45. The van der Waals surface area contributed by atoms with Gasteiger partial charge in [-0.3, -0.25) is 4.98 Å². The Hall–Kier alpha value is -0.790. The van der Waals surface area contributed by atoms with Gasteiger partial charge in [-0.15, -0.1) is 0 Å². The van der Waals surface area contributed by atoms with Gasteiger partial charge in [0.1, 0.15) is 0 Å². The molecule has 0 aliphatic carbocycles. The molecule has 0 fully saturated rings. The van der Waals surface area contributed by atoms with Crippen LogP contribution in [0.25, 0.3) is 10.9 Å². The molecule has 1 heterocycles. The van der Waals surface area contributed by atoms with Gasteiger partial charge in [0.2, 0.25) is 0 Å². The predicted octanol–water partition coefficient (Wildman–Crippen LogP) is 3.65. The van der Waals surface area contributed by atoms with E-state index in [-0.39, 0.29) is 0 Å². The van der Waals surface area contributed by atoms with Crippen LogP contribution in [0.1, 0.15) is 5.69 Å². The first-order valence-corrected chi connectivity index (χ1v) is 4.57. The van der Waals surface area contributed by atoms with Crippen LogP contribution >= 0.6 is 23.2 Å². The van der Waals surface area contributed by atoms with E-state index >= 15 is 0 Å². The van der Waals surface area contributed by atoms with Gasteiger partial charge in [0.15, 0.2) is 0 Å². The summed E-state index contributed by atoms with van der Waals surface area (Å²) < 4.78 is 0. The lowest BCUT2D eigenvalue weighted by molar-refractivity contribution is 1.25. The Labute approximate surface area is 86.3 Å². The van der Waals surface area contributed by atoms with Crippen molar-refractivity contribution in [3.63, 3.8) is 0 Å². The molecule has 0 aliphatic heterocycles. The van der Waals surface area contributed by atoms with E-state index in [1.807, 2.05) is 19.1 Å². The molecule has 0 spiro atoms. The van der Waals surface area contributed by atoms with Gasteiger partial charge in [-0.2, -0.15) is 0 Å². The van der Waals surface area contributed by atoms with Gasteiger partial charge < -0.3 is 0 Å². The normalized spacial score (nSPS) is 10.7. The minimum Gasteiger partial charge on any atom is -0.252 e. The number of aryl methyl sites for hydroxylation is 1. The minimum absolute atomic E-state index is 0.496. The quantitative estimate of drug-likeness (QED) is 0.648. The zero-order chi connectivity index (χ0) is 9.42. The lowest BCUT2D eigenvalue weighted by Crippen LogP contribution is -1.83. The Kier molecular flexibility index (Phi) is 2.14. The Morgan fingerprint density at radius 1 is 1.31 bits per heavy atom. The molecule has 1 aromatic heterocycles. The number of hydrogen-bond donors (Lipinski definition) is 0. The first-order chi connectivity index (χ1) is 6.16. The van der Waals surface area contributed by atoms with Crippen molar-refractivity contribution in [2.75, 3.05) is 0 Å². The van der Waals surface area contributed by atoms with E-state index in [0.29, 0.717) is 10.0 Å². The van der Waals surface area contributed by atoms with Crippen molar-refractivity contribution in [2.24, 2.45) is 0 Å². The van der Waals surface area contributed by atoms with Crippen LogP contribution in [0.5, 0.6) is 0 Å². The monoisotopic (exact) mass is 210 g/mol. The number of aromatic nitrogens is 1. The lowest BCUT2D eigenvalue weighted by atomic mass is 10.2. The summed E-state index contributed by atoms with van der Waals surface area (Å²) >= 11 is 11.8. The Bertz CT molecular complexity index is 460. The highest BCUT2D eigenvalue weighted by Crippen LogP contribution is 2.25. The zero-order valence-electron chi connectivity index (χ0n) is 6.94. The largest absolute Gasteiger partial charge is 0.252 e. The third kappa shape index (κ3) is 1.62. The van der Waals surface area contributed by atoms with Crippen LogP contribution in [0.4, 0.5) is 0 Å². The fourth-order valence-corrected chi connectivity index (χ4v) is 1.70. The van der Waals surface area contributed by atoms with E-state index < -0.39 is 0 Å². The molecule has 3 heteroatoms. The number of nitrogens with zero attached hydrogens (tertiary/aromatic N) is 1. The van der Waals surface area contributed by atoms with Crippen molar-refractivity contribution in [3.8, 4) is 0 Å². The van der Waals surface area contributed by atoms with Crippen molar-refractivity contribution < 1.29 is 0 Å². The molecule has 0 N–H and O–H groups in total. The number of pyridine rings is 1. The van der Waals surface area contributed by atoms with Gasteiger partial charge in [0, 0.05) is 17.1 Å². The average Bonchev–Trinajstić information content (AvgIpc) is 2.02. The maximum atomic E-state index is 5.97. The molecule has 0 saturated heterocycles. The topological polar surface area (TPSA) is 12.9 Å². The SMILES string of the molecule is Cc1ccc2c(Cl)cc(Cl)[c]c2n1. The molecule has 1 nitrogen and oxygen atoms in total. The molecule has 1 aromatic carbocycles. The van der Waals surface area contributed by atoms with Crippen LogP contribution in [0, 0.1) is 13.0 Å². The van der Waals surface area contributed by atoms with E-state index in [4.69, 9.17) is 23.2 Å². The fraction of sp³-hybridized carbons (Fsp3) is 0.100. The third-order valence-corrected chi connectivity index (χ3v) is 2.30. The number of rotatable bonds is 0. The number of halogens is 2. The van der Waals surface area contributed by atoms with Crippen molar-refractivity contribution in [1.82, 2.24) is 4.98 Å². The maximum Gasteiger partial charge on any atom is 0.0814 e. The summed E-state index contributed by atoms with van der Waals surface area (Å²) in [4.78, 5) is 4.27. The maximum absolute atomic E-state index is 5.97. The van der Waals surface area contributed by atoms with Gasteiger partial charge in [0.25, 0.3) is 0 Å². The van der Waals surface area contributed by atoms with Crippen molar-refractivity contribution >= 4 is 34.1 Å².